The first-order chi connectivity index (χ1) is 7.11. The fraction of sp³-hybridized carbons (Fsp3) is 1.00. The number of hydrogen-bond donors (Lipinski definition) is 2. The van der Waals surface area contributed by atoms with E-state index in [2.05, 4.69) is 26.2 Å². The van der Waals surface area contributed by atoms with Gasteiger partial charge in [0.2, 0.25) is 0 Å². The molecule has 2 nitrogen and oxygen atoms in total. The minimum Gasteiger partial charge on any atom is -0.271 e. The molecule has 1 fully saturated rings. The highest BCUT2D eigenvalue weighted by molar-refractivity contribution is 4.88. The van der Waals surface area contributed by atoms with Crippen molar-refractivity contribution in [3.05, 3.63) is 0 Å². The molecular formula is C13H28N2. The third kappa shape index (κ3) is 3.46. The molecule has 90 valence electrons. The molecule has 0 spiro atoms. The summed E-state index contributed by atoms with van der Waals surface area (Å²) >= 11 is 0. The SMILES string of the molecule is CCC(C)(C)C(NN)C1CCCCCC1. The van der Waals surface area contributed by atoms with E-state index in [1.807, 2.05) is 0 Å². The summed E-state index contributed by atoms with van der Waals surface area (Å²) in [5, 5.41) is 0. The Morgan fingerprint density at radius 3 is 2.13 bits per heavy atom. The first-order valence-corrected chi connectivity index (χ1v) is 6.58. The fourth-order valence-corrected chi connectivity index (χ4v) is 2.86. The molecule has 1 aliphatic rings. The zero-order chi connectivity index (χ0) is 11.3. The van der Waals surface area contributed by atoms with Crippen LogP contribution in [0.15, 0.2) is 0 Å². The lowest BCUT2D eigenvalue weighted by atomic mass is 9.73. The standard InChI is InChI=1S/C13H28N2/c1-4-13(2,3)12(15-14)11-9-7-5-6-8-10-11/h11-12,15H,4-10,14H2,1-3H3. The Labute approximate surface area is 95.0 Å². The zero-order valence-corrected chi connectivity index (χ0v) is 10.7. The summed E-state index contributed by atoms with van der Waals surface area (Å²) in [6, 6.07) is 0.487. The van der Waals surface area contributed by atoms with Crippen LogP contribution in [0.5, 0.6) is 0 Å². The largest absolute Gasteiger partial charge is 0.271 e. The average Bonchev–Trinajstić information content (AvgIpc) is 2.47. The van der Waals surface area contributed by atoms with E-state index < -0.39 is 0 Å². The number of nitrogens with one attached hydrogen (secondary N) is 1. The smallest absolute Gasteiger partial charge is 0.0289 e. The van der Waals surface area contributed by atoms with Crippen molar-refractivity contribution in [3.63, 3.8) is 0 Å². The first kappa shape index (κ1) is 13.0. The van der Waals surface area contributed by atoms with Gasteiger partial charge < -0.3 is 0 Å². The third-order valence-corrected chi connectivity index (χ3v) is 4.30. The van der Waals surface area contributed by atoms with Crippen LogP contribution in [0.25, 0.3) is 0 Å². The molecule has 1 unspecified atom stereocenters. The first-order valence-electron chi connectivity index (χ1n) is 6.58. The van der Waals surface area contributed by atoms with Crippen LogP contribution < -0.4 is 11.3 Å². The highest BCUT2D eigenvalue weighted by atomic mass is 15.2. The molecule has 0 amide bonds. The second-order valence-electron chi connectivity index (χ2n) is 5.74. The Kier molecular flexibility index (Phi) is 5.07. The molecule has 1 atom stereocenters. The number of hydrogen-bond acceptors (Lipinski definition) is 2. The van der Waals surface area contributed by atoms with Gasteiger partial charge in [0.05, 0.1) is 0 Å². The molecule has 0 saturated heterocycles. The van der Waals surface area contributed by atoms with Gasteiger partial charge in [0.25, 0.3) is 0 Å². The van der Waals surface area contributed by atoms with Crippen LogP contribution in [0, 0.1) is 11.3 Å². The molecule has 0 bridgehead atoms. The van der Waals surface area contributed by atoms with Crippen LogP contribution in [0.4, 0.5) is 0 Å². The molecule has 1 aliphatic carbocycles. The van der Waals surface area contributed by atoms with Crippen molar-refractivity contribution in [2.75, 3.05) is 0 Å². The summed E-state index contributed by atoms with van der Waals surface area (Å²) in [5.41, 5.74) is 3.41. The normalized spacial score (nSPS) is 22.4. The zero-order valence-electron chi connectivity index (χ0n) is 10.7. The van der Waals surface area contributed by atoms with E-state index in [9.17, 15) is 0 Å². The van der Waals surface area contributed by atoms with Crippen LogP contribution in [-0.2, 0) is 0 Å². The van der Waals surface area contributed by atoms with E-state index in [1.54, 1.807) is 0 Å². The Bertz CT molecular complexity index is 169. The third-order valence-electron chi connectivity index (χ3n) is 4.30. The maximum atomic E-state index is 5.77. The van der Waals surface area contributed by atoms with E-state index in [1.165, 1.54) is 44.9 Å². The van der Waals surface area contributed by atoms with Crippen LogP contribution in [0.2, 0.25) is 0 Å². The Morgan fingerprint density at radius 1 is 1.20 bits per heavy atom. The highest BCUT2D eigenvalue weighted by Gasteiger charge is 2.33. The number of nitrogens with two attached hydrogens (primary N) is 1. The number of hydrazine groups is 1. The highest BCUT2D eigenvalue weighted by Crippen LogP contribution is 2.35. The van der Waals surface area contributed by atoms with Gasteiger partial charge in [-0.1, -0.05) is 46.5 Å². The van der Waals surface area contributed by atoms with Crippen LogP contribution in [-0.4, -0.2) is 6.04 Å². The average molecular weight is 212 g/mol. The van der Waals surface area contributed by atoms with Gasteiger partial charge in [0, 0.05) is 6.04 Å². The van der Waals surface area contributed by atoms with Gasteiger partial charge in [0.1, 0.15) is 0 Å². The molecule has 0 aliphatic heterocycles. The Hall–Kier alpha value is -0.0800. The number of rotatable bonds is 4. The maximum absolute atomic E-state index is 5.77. The van der Waals surface area contributed by atoms with Gasteiger partial charge >= 0.3 is 0 Å². The molecule has 3 N–H and O–H groups in total. The predicted molar refractivity (Wildman–Crippen MR) is 66.4 cm³/mol. The molecule has 2 heteroatoms. The van der Waals surface area contributed by atoms with E-state index in [0.717, 1.165) is 5.92 Å². The summed E-state index contributed by atoms with van der Waals surface area (Å²) in [6.07, 6.45) is 9.53. The molecule has 0 heterocycles. The Balaban J connectivity index is 2.63. The molecule has 15 heavy (non-hydrogen) atoms. The van der Waals surface area contributed by atoms with Crippen molar-refractivity contribution < 1.29 is 0 Å². The molecule has 1 rings (SSSR count). The summed E-state index contributed by atoms with van der Waals surface area (Å²) in [7, 11) is 0. The molecule has 0 radical (unpaired) electrons. The quantitative estimate of drug-likeness (QED) is 0.426. The van der Waals surface area contributed by atoms with Crippen molar-refractivity contribution in [2.24, 2.45) is 17.2 Å². The van der Waals surface area contributed by atoms with Crippen LogP contribution in [0.1, 0.15) is 65.7 Å². The second kappa shape index (κ2) is 5.86. The summed E-state index contributed by atoms with van der Waals surface area (Å²) in [6.45, 7) is 6.94. The molecule has 0 aromatic carbocycles. The van der Waals surface area contributed by atoms with Crippen molar-refractivity contribution in [1.29, 1.82) is 0 Å². The lowest BCUT2D eigenvalue weighted by molar-refractivity contribution is 0.155. The van der Waals surface area contributed by atoms with E-state index in [-0.39, 0.29) is 0 Å². The van der Waals surface area contributed by atoms with Gasteiger partial charge in [-0.3, -0.25) is 11.3 Å². The van der Waals surface area contributed by atoms with Crippen molar-refractivity contribution >= 4 is 0 Å². The molecule has 0 aromatic rings. The lowest BCUT2D eigenvalue weighted by Crippen LogP contribution is -2.50. The van der Waals surface area contributed by atoms with E-state index in [0.29, 0.717) is 11.5 Å². The summed E-state index contributed by atoms with van der Waals surface area (Å²) < 4.78 is 0. The molecule has 1 saturated carbocycles. The minimum atomic E-state index is 0.323. The van der Waals surface area contributed by atoms with Crippen LogP contribution >= 0.6 is 0 Å². The monoisotopic (exact) mass is 212 g/mol. The van der Waals surface area contributed by atoms with E-state index >= 15 is 0 Å². The summed E-state index contributed by atoms with van der Waals surface area (Å²) in [5.74, 6) is 6.55. The Morgan fingerprint density at radius 2 is 1.73 bits per heavy atom. The van der Waals surface area contributed by atoms with Crippen molar-refractivity contribution in [3.8, 4) is 0 Å². The van der Waals surface area contributed by atoms with Gasteiger partial charge in [-0.15, -0.1) is 0 Å². The van der Waals surface area contributed by atoms with Crippen molar-refractivity contribution in [2.45, 2.75) is 71.8 Å². The van der Waals surface area contributed by atoms with E-state index in [4.69, 9.17) is 5.84 Å². The van der Waals surface area contributed by atoms with Crippen molar-refractivity contribution in [1.82, 2.24) is 5.43 Å². The van der Waals surface area contributed by atoms with Gasteiger partial charge in [-0.05, 0) is 30.6 Å². The molecular weight excluding hydrogens is 184 g/mol. The lowest BCUT2D eigenvalue weighted by Gasteiger charge is -2.38. The fourth-order valence-electron chi connectivity index (χ4n) is 2.86. The predicted octanol–water partition coefficient (Wildman–Crippen LogP) is 3.22. The van der Waals surface area contributed by atoms with Gasteiger partial charge in [-0.2, -0.15) is 0 Å². The topological polar surface area (TPSA) is 38.0 Å². The minimum absolute atomic E-state index is 0.323. The van der Waals surface area contributed by atoms with Gasteiger partial charge in [-0.25, -0.2) is 0 Å². The second-order valence-corrected chi connectivity index (χ2v) is 5.74. The maximum Gasteiger partial charge on any atom is 0.0289 e. The van der Waals surface area contributed by atoms with Gasteiger partial charge in [0.15, 0.2) is 0 Å². The molecule has 0 aromatic heterocycles. The van der Waals surface area contributed by atoms with Crippen LogP contribution in [0.3, 0.4) is 0 Å². The summed E-state index contributed by atoms with van der Waals surface area (Å²) in [4.78, 5) is 0.